The Balaban J connectivity index is 3.16. The SMILES string of the molecule is O=c1[nH]cccc1CF. The second kappa shape index (κ2) is 2.44. The van der Waals surface area contributed by atoms with Crippen LogP contribution in [0.25, 0.3) is 0 Å². The molecule has 0 spiro atoms. The third kappa shape index (κ3) is 1.16. The lowest BCUT2D eigenvalue weighted by Crippen LogP contribution is -2.08. The first-order valence-corrected chi connectivity index (χ1v) is 2.57. The van der Waals surface area contributed by atoms with Crippen molar-refractivity contribution in [2.45, 2.75) is 6.67 Å². The van der Waals surface area contributed by atoms with Gasteiger partial charge in [-0.3, -0.25) is 4.79 Å². The van der Waals surface area contributed by atoms with Crippen LogP contribution < -0.4 is 5.56 Å². The number of H-pyrrole nitrogens is 1. The lowest BCUT2D eigenvalue weighted by atomic mass is 10.3. The van der Waals surface area contributed by atoms with Gasteiger partial charge in [-0.2, -0.15) is 0 Å². The minimum atomic E-state index is -0.698. The summed E-state index contributed by atoms with van der Waals surface area (Å²) in [5.74, 6) is 0. The molecule has 0 unspecified atom stereocenters. The third-order valence-corrected chi connectivity index (χ3v) is 1.04. The van der Waals surface area contributed by atoms with Crippen LogP contribution in [0.1, 0.15) is 5.56 Å². The van der Waals surface area contributed by atoms with E-state index in [1.165, 1.54) is 12.3 Å². The summed E-state index contributed by atoms with van der Waals surface area (Å²) in [6.45, 7) is -0.698. The molecule has 0 amide bonds. The van der Waals surface area contributed by atoms with Crippen molar-refractivity contribution in [2.24, 2.45) is 0 Å². The van der Waals surface area contributed by atoms with Gasteiger partial charge in [-0.1, -0.05) is 0 Å². The van der Waals surface area contributed by atoms with Crippen molar-refractivity contribution in [3.05, 3.63) is 34.2 Å². The van der Waals surface area contributed by atoms with Gasteiger partial charge in [0.05, 0.1) is 0 Å². The van der Waals surface area contributed by atoms with Crippen LogP contribution in [0.4, 0.5) is 4.39 Å². The summed E-state index contributed by atoms with van der Waals surface area (Å²) in [6, 6.07) is 3.05. The van der Waals surface area contributed by atoms with E-state index in [9.17, 15) is 9.18 Å². The standard InChI is InChI=1S/C6H6FNO/c7-4-5-2-1-3-8-6(5)9/h1-3H,4H2,(H,8,9). The number of halogens is 1. The second-order valence-electron chi connectivity index (χ2n) is 1.66. The first-order chi connectivity index (χ1) is 4.34. The molecular weight excluding hydrogens is 121 g/mol. The highest BCUT2D eigenvalue weighted by Gasteiger charge is 1.92. The van der Waals surface area contributed by atoms with E-state index in [4.69, 9.17) is 0 Å². The summed E-state index contributed by atoms with van der Waals surface area (Å²) < 4.78 is 11.8. The maximum atomic E-state index is 11.8. The molecular formula is C6H6FNO. The van der Waals surface area contributed by atoms with Crippen molar-refractivity contribution in [3.63, 3.8) is 0 Å². The molecule has 2 nitrogen and oxygen atoms in total. The molecule has 1 rings (SSSR count). The molecule has 0 aliphatic carbocycles. The summed E-state index contributed by atoms with van der Waals surface area (Å²) >= 11 is 0. The van der Waals surface area contributed by atoms with Crippen molar-refractivity contribution < 1.29 is 4.39 Å². The summed E-state index contributed by atoms with van der Waals surface area (Å²) in [7, 11) is 0. The number of pyridine rings is 1. The first-order valence-electron chi connectivity index (χ1n) is 2.57. The minimum Gasteiger partial charge on any atom is -0.329 e. The van der Waals surface area contributed by atoms with Gasteiger partial charge in [-0.25, -0.2) is 4.39 Å². The normalized spacial score (nSPS) is 9.44. The predicted octanol–water partition coefficient (Wildman–Crippen LogP) is 0.844. The lowest BCUT2D eigenvalue weighted by molar-refractivity contribution is 0.482. The molecule has 1 N–H and O–H groups in total. The highest BCUT2D eigenvalue weighted by atomic mass is 19.1. The van der Waals surface area contributed by atoms with Crippen LogP contribution in [-0.4, -0.2) is 4.98 Å². The molecule has 0 bridgehead atoms. The van der Waals surface area contributed by atoms with Gasteiger partial charge in [-0.15, -0.1) is 0 Å². The first kappa shape index (κ1) is 6.01. The lowest BCUT2D eigenvalue weighted by Gasteiger charge is -1.87. The van der Waals surface area contributed by atoms with Gasteiger partial charge in [0.15, 0.2) is 0 Å². The van der Waals surface area contributed by atoms with Gasteiger partial charge in [0, 0.05) is 11.8 Å². The number of rotatable bonds is 1. The Hall–Kier alpha value is -1.12. The Kier molecular flexibility index (Phi) is 1.63. The Morgan fingerprint density at radius 2 is 2.44 bits per heavy atom. The van der Waals surface area contributed by atoms with Crippen molar-refractivity contribution in [2.75, 3.05) is 0 Å². The maximum Gasteiger partial charge on any atom is 0.253 e. The monoisotopic (exact) mass is 127 g/mol. The topological polar surface area (TPSA) is 32.9 Å². The van der Waals surface area contributed by atoms with Gasteiger partial charge < -0.3 is 4.98 Å². The zero-order chi connectivity index (χ0) is 6.69. The van der Waals surface area contributed by atoms with E-state index in [1.807, 2.05) is 0 Å². The van der Waals surface area contributed by atoms with Crippen molar-refractivity contribution in [1.29, 1.82) is 0 Å². The van der Waals surface area contributed by atoms with Crippen LogP contribution in [0.3, 0.4) is 0 Å². The zero-order valence-corrected chi connectivity index (χ0v) is 4.73. The van der Waals surface area contributed by atoms with E-state index in [0.29, 0.717) is 0 Å². The van der Waals surface area contributed by atoms with Crippen LogP contribution in [0.5, 0.6) is 0 Å². The summed E-state index contributed by atoms with van der Waals surface area (Å²) in [5, 5.41) is 0. The van der Waals surface area contributed by atoms with E-state index >= 15 is 0 Å². The fraction of sp³-hybridized carbons (Fsp3) is 0.167. The van der Waals surface area contributed by atoms with Crippen LogP contribution in [0, 0.1) is 0 Å². The largest absolute Gasteiger partial charge is 0.329 e. The average Bonchev–Trinajstić information content (AvgIpc) is 1.89. The van der Waals surface area contributed by atoms with Crippen LogP contribution in [0.15, 0.2) is 23.1 Å². The smallest absolute Gasteiger partial charge is 0.253 e. The molecule has 1 aromatic rings. The second-order valence-corrected chi connectivity index (χ2v) is 1.66. The molecule has 1 aromatic heterocycles. The Bertz CT molecular complexity index is 243. The highest BCUT2D eigenvalue weighted by Crippen LogP contribution is 1.89. The van der Waals surface area contributed by atoms with Gasteiger partial charge in [0.1, 0.15) is 6.67 Å². The number of hydrogen-bond donors (Lipinski definition) is 1. The molecule has 0 aliphatic heterocycles. The predicted molar refractivity (Wildman–Crippen MR) is 31.9 cm³/mol. The van der Waals surface area contributed by atoms with Gasteiger partial charge in [0.25, 0.3) is 5.56 Å². The molecule has 48 valence electrons. The number of aromatic nitrogens is 1. The van der Waals surface area contributed by atoms with Crippen molar-refractivity contribution >= 4 is 0 Å². The van der Waals surface area contributed by atoms with Crippen LogP contribution in [-0.2, 0) is 6.67 Å². The molecule has 1 heterocycles. The van der Waals surface area contributed by atoms with Gasteiger partial charge >= 0.3 is 0 Å². The Morgan fingerprint density at radius 1 is 1.67 bits per heavy atom. The number of alkyl halides is 1. The molecule has 0 atom stereocenters. The molecule has 0 aromatic carbocycles. The minimum absolute atomic E-state index is 0.178. The maximum absolute atomic E-state index is 11.8. The summed E-state index contributed by atoms with van der Waals surface area (Å²) in [4.78, 5) is 12.9. The molecule has 0 saturated carbocycles. The number of hydrogen-bond acceptors (Lipinski definition) is 1. The highest BCUT2D eigenvalue weighted by molar-refractivity contribution is 5.06. The molecule has 9 heavy (non-hydrogen) atoms. The van der Waals surface area contributed by atoms with E-state index in [-0.39, 0.29) is 11.1 Å². The third-order valence-electron chi connectivity index (χ3n) is 1.04. The van der Waals surface area contributed by atoms with E-state index in [0.717, 1.165) is 0 Å². The molecule has 0 radical (unpaired) electrons. The fourth-order valence-electron chi connectivity index (χ4n) is 0.562. The quantitative estimate of drug-likeness (QED) is 0.595. The van der Waals surface area contributed by atoms with Gasteiger partial charge in [0.2, 0.25) is 0 Å². The van der Waals surface area contributed by atoms with Crippen molar-refractivity contribution in [3.8, 4) is 0 Å². The molecule has 0 aliphatic rings. The van der Waals surface area contributed by atoms with Crippen LogP contribution in [0.2, 0.25) is 0 Å². The van der Waals surface area contributed by atoms with Crippen LogP contribution >= 0.6 is 0 Å². The summed E-state index contributed by atoms with van der Waals surface area (Å²) in [5.41, 5.74) is -0.169. The molecule has 0 saturated heterocycles. The molecule has 3 heteroatoms. The zero-order valence-electron chi connectivity index (χ0n) is 4.73. The average molecular weight is 127 g/mol. The number of aromatic amines is 1. The van der Waals surface area contributed by atoms with E-state index in [1.54, 1.807) is 6.07 Å². The van der Waals surface area contributed by atoms with E-state index in [2.05, 4.69) is 4.98 Å². The Morgan fingerprint density at radius 3 is 2.89 bits per heavy atom. The number of nitrogens with one attached hydrogen (secondary N) is 1. The molecule has 0 fully saturated rings. The van der Waals surface area contributed by atoms with E-state index < -0.39 is 6.67 Å². The fourth-order valence-corrected chi connectivity index (χ4v) is 0.562. The Labute approximate surface area is 51.3 Å². The van der Waals surface area contributed by atoms with Gasteiger partial charge in [-0.05, 0) is 12.1 Å². The van der Waals surface area contributed by atoms with Crippen molar-refractivity contribution in [1.82, 2.24) is 4.98 Å². The summed E-state index contributed by atoms with van der Waals surface area (Å²) in [6.07, 6.45) is 1.47.